The van der Waals surface area contributed by atoms with Crippen LogP contribution in [0.2, 0.25) is 0 Å². The fraction of sp³-hybridized carbons (Fsp3) is 0.391. The molecule has 0 aromatic heterocycles. The number of benzene rings is 2. The molecule has 0 bridgehead atoms. The van der Waals surface area contributed by atoms with Gasteiger partial charge in [-0.25, -0.2) is 0 Å². The van der Waals surface area contributed by atoms with Crippen LogP contribution < -0.4 is 10.1 Å². The Morgan fingerprint density at radius 3 is 2.43 bits per heavy atom. The number of carbonyl (C=O) groups is 2. The Kier molecular flexibility index (Phi) is 6.34. The molecule has 0 spiro atoms. The first-order chi connectivity index (χ1) is 13.5. The van der Waals surface area contributed by atoms with Crippen molar-refractivity contribution in [2.45, 2.75) is 26.3 Å². The summed E-state index contributed by atoms with van der Waals surface area (Å²) in [5.41, 5.74) is 2.03. The Hall–Kier alpha value is -2.82. The zero-order valence-electron chi connectivity index (χ0n) is 16.7. The average molecular weight is 380 g/mol. The van der Waals surface area contributed by atoms with E-state index >= 15 is 0 Å². The van der Waals surface area contributed by atoms with Crippen LogP contribution in [0.1, 0.15) is 30.9 Å². The van der Waals surface area contributed by atoms with Crippen LogP contribution in [0.5, 0.6) is 5.75 Å². The van der Waals surface area contributed by atoms with E-state index in [1.54, 1.807) is 7.11 Å². The van der Waals surface area contributed by atoms with Crippen molar-refractivity contribution in [1.82, 2.24) is 10.2 Å². The first-order valence-corrected chi connectivity index (χ1v) is 9.74. The van der Waals surface area contributed by atoms with E-state index in [0.29, 0.717) is 19.6 Å². The van der Waals surface area contributed by atoms with E-state index in [2.05, 4.69) is 5.32 Å². The van der Waals surface area contributed by atoms with E-state index in [9.17, 15) is 9.59 Å². The molecule has 5 nitrogen and oxygen atoms in total. The molecule has 0 aliphatic carbocycles. The van der Waals surface area contributed by atoms with Gasteiger partial charge in [0.25, 0.3) is 0 Å². The van der Waals surface area contributed by atoms with Crippen molar-refractivity contribution in [3.63, 3.8) is 0 Å². The van der Waals surface area contributed by atoms with Crippen LogP contribution >= 0.6 is 0 Å². The molecule has 2 aromatic carbocycles. The number of carbonyl (C=O) groups excluding carboxylic acids is 2. The number of rotatable bonds is 6. The van der Waals surface area contributed by atoms with Crippen molar-refractivity contribution in [2.24, 2.45) is 11.8 Å². The topological polar surface area (TPSA) is 58.6 Å². The lowest BCUT2D eigenvalue weighted by molar-refractivity contribution is -0.133. The molecule has 1 heterocycles. The number of ether oxygens (including phenoxy) is 1. The molecule has 0 unspecified atom stereocenters. The third kappa shape index (κ3) is 4.35. The molecule has 2 amide bonds. The molecular formula is C23H28N2O3. The van der Waals surface area contributed by atoms with E-state index in [0.717, 1.165) is 16.9 Å². The Morgan fingerprint density at radius 1 is 1.07 bits per heavy atom. The summed E-state index contributed by atoms with van der Waals surface area (Å²) in [6, 6.07) is 17.6. The van der Waals surface area contributed by atoms with Crippen LogP contribution in [0, 0.1) is 11.8 Å². The highest BCUT2D eigenvalue weighted by Gasteiger charge is 2.41. The second-order valence-electron chi connectivity index (χ2n) is 7.56. The van der Waals surface area contributed by atoms with Gasteiger partial charge in [-0.05, 0) is 17.2 Å². The van der Waals surface area contributed by atoms with Gasteiger partial charge in [-0.3, -0.25) is 9.59 Å². The van der Waals surface area contributed by atoms with Crippen molar-refractivity contribution in [3.8, 4) is 5.75 Å². The fourth-order valence-electron chi connectivity index (χ4n) is 3.82. The largest absolute Gasteiger partial charge is 0.496 e. The number of methoxy groups -OCH3 is 1. The van der Waals surface area contributed by atoms with Crippen molar-refractivity contribution in [2.75, 3.05) is 20.2 Å². The Balaban J connectivity index is 1.82. The van der Waals surface area contributed by atoms with Gasteiger partial charge in [-0.15, -0.1) is 0 Å². The maximum atomic E-state index is 13.1. The second-order valence-corrected chi connectivity index (χ2v) is 7.56. The normalized spacial score (nSPS) is 18.9. The number of para-hydroxylation sites is 1. The van der Waals surface area contributed by atoms with Gasteiger partial charge in [0, 0.05) is 31.5 Å². The molecule has 1 aliphatic heterocycles. The molecule has 2 aromatic rings. The highest BCUT2D eigenvalue weighted by Crippen LogP contribution is 2.38. The first-order valence-electron chi connectivity index (χ1n) is 9.74. The molecule has 1 fully saturated rings. The van der Waals surface area contributed by atoms with Crippen molar-refractivity contribution in [3.05, 3.63) is 65.7 Å². The SMILES string of the molecule is COc1ccccc1[C@H]1CN(C(=O)C(C)C)C[C@@H]1C(=O)NCc1ccccc1. The van der Waals surface area contributed by atoms with E-state index < -0.39 is 0 Å². The predicted octanol–water partition coefficient (Wildman–Crippen LogP) is 3.21. The van der Waals surface area contributed by atoms with Gasteiger partial charge in [0.15, 0.2) is 0 Å². The summed E-state index contributed by atoms with van der Waals surface area (Å²) in [4.78, 5) is 27.5. The van der Waals surface area contributed by atoms with Gasteiger partial charge >= 0.3 is 0 Å². The van der Waals surface area contributed by atoms with E-state index in [4.69, 9.17) is 4.74 Å². The van der Waals surface area contributed by atoms with Crippen LogP contribution in [0.3, 0.4) is 0 Å². The molecular weight excluding hydrogens is 352 g/mol. The highest BCUT2D eigenvalue weighted by molar-refractivity contribution is 5.84. The minimum absolute atomic E-state index is 0.0289. The number of hydrogen-bond acceptors (Lipinski definition) is 3. The maximum Gasteiger partial charge on any atom is 0.225 e. The van der Waals surface area contributed by atoms with E-state index in [-0.39, 0.29) is 29.6 Å². The quantitative estimate of drug-likeness (QED) is 0.837. The number of nitrogens with zero attached hydrogens (tertiary/aromatic N) is 1. The van der Waals surface area contributed by atoms with E-state index in [1.807, 2.05) is 73.3 Å². The summed E-state index contributed by atoms with van der Waals surface area (Å²) in [7, 11) is 1.63. The third-order valence-corrected chi connectivity index (χ3v) is 5.31. The van der Waals surface area contributed by atoms with Crippen molar-refractivity contribution < 1.29 is 14.3 Å². The molecule has 5 heteroatoms. The minimum atomic E-state index is -0.303. The van der Waals surface area contributed by atoms with Crippen LogP contribution in [0.4, 0.5) is 0 Å². The van der Waals surface area contributed by atoms with Gasteiger partial charge in [-0.2, -0.15) is 0 Å². The van der Waals surface area contributed by atoms with Crippen LogP contribution in [0.25, 0.3) is 0 Å². The summed E-state index contributed by atoms with van der Waals surface area (Å²) in [5, 5.41) is 3.05. The van der Waals surface area contributed by atoms with Gasteiger partial charge in [0.2, 0.25) is 11.8 Å². The zero-order chi connectivity index (χ0) is 20.1. The lowest BCUT2D eigenvalue weighted by atomic mass is 9.87. The molecule has 1 N–H and O–H groups in total. The number of nitrogens with one attached hydrogen (secondary N) is 1. The highest BCUT2D eigenvalue weighted by atomic mass is 16.5. The molecule has 1 saturated heterocycles. The molecule has 0 radical (unpaired) electrons. The zero-order valence-corrected chi connectivity index (χ0v) is 16.7. The summed E-state index contributed by atoms with van der Waals surface area (Å²) in [5.74, 6) is 0.325. The van der Waals surface area contributed by atoms with E-state index in [1.165, 1.54) is 0 Å². The standard InChI is InChI=1S/C23H28N2O3/c1-16(2)23(27)25-14-19(18-11-7-8-12-21(18)28-3)20(15-25)22(26)24-13-17-9-5-4-6-10-17/h4-12,16,19-20H,13-15H2,1-3H3,(H,24,26)/t19-,20+/m1/s1. The van der Waals surface area contributed by atoms with Crippen molar-refractivity contribution in [1.29, 1.82) is 0 Å². The summed E-state index contributed by atoms with van der Waals surface area (Å²) >= 11 is 0. The third-order valence-electron chi connectivity index (χ3n) is 5.31. The lowest BCUT2D eigenvalue weighted by Gasteiger charge is -2.20. The molecule has 2 atom stereocenters. The monoisotopic (exact) mass is 380 g/mol. The summed E-state index contributed by atoms with van der Waals surface area (Å²) in [6.45, 7) is 5.22. The van der Waals surface area contributed by atoms with Crippen LogP contribution in [-0.2, 0) is 16.1 Å². The first kappa shape index (κ1) is 19.9. The smallest absolute Gasteiger partial charge is 0.225 e. The summed E-state index contributed by atoms with van der Waals surface area (Å²) in [6.07, 6.45) is 0. The molecule has 148 valence electrons. The lowest BCUT2D eigenvalue weighted by Crippen LogP contribution is -2.36. The van der Waals surface area contributed by atoms with Gasteiger partial charge < -0.3 is 15.0 Å². The Morgan fingerprint density at radius 2 is 1.75 bits per heavy atom. The minimum Gasteiger partial charge on any atom is -0.496 e. The van der Waals surface area contributed by atoms with Gasteiger partial charge in [-0.1, -0.05) is 62.4 Å². The van der Waals surface area contributed by atoms with Crippen LogP contribution in [0.15, 0.2) is 54.6 Å². The molecule has 1 aliphatic rings. The summed E-state index contributed by atoms with van der Waals surface area (Å²) < 4.78 is 5.52. The number of hydrogen-bond donors (Lipinski definition) is 1. The molecule has 0 saturated carbocycles. The Bertz CT molecular complexity index is 820. The molecule has 28 heavy (non-hydrogen) atoms. The number of likely N-dealkylation sites (tertiary alicyclic amines) is 1. The average Bonchev–Trinajstić information content (AvgIpc) is 3.17. The predicted molar refractivity (Wildman–Crippen MR) is 109 cm³/mol. The van der Waals surface area contributed by atoms with Gasteiger partial charge in [0.05, 0.1) is 13.0 Å². The second kappa shape index (κ2) is 8.91. The number of amides is 2. The van der Waals surface area contributed by atoms with Gasteiger partial charge in [0.1, 0.15) is 5.75 Å². The van der Waals surface area contributed by atoms with Crippen LogP contribution in [-0.4, -0.2) is 36.9 Å². The Labute approximate surface area is 166 Å². The maximum absolute atomic E-state index is 13.1. The fourth-order valence-corrected chi connectivity index (χ4v) is 3.82. The van der Waals surface area contributed by atoms with Crippen molar-refractivity contribution >= 4 is 11.8 Å². The molecule has 3 rings (SSSR count).